The summed E-state index contributed by atoms with van der Waals surface area (Å²) in [6.45, 7) is 1.88. The fourth-order valence-corrected chi connectivity index (χ4v) is 2.02. The maximum Gasteiger partial charge on any atom is 0.150 e. The van der Waals surface area contributed by atoms with E-state index < -0.39 is 0 Å². The Morgan fingerprint density at radius 3 is 2.53 bits per heavy atom. The molecule has 0 aliphatic carbocycles. The highest BCUT2D eigenvalue weighted by Gasteiger charge is 2.05. The van der Waals surface area contributed by atoms with Gasteiger partial charge in [0.25, 0.3) is 0 Å². The summed E-state index contributed by atoms with van der Waals surface area (Å²) < 4.78 is 13.3. The Labute approximate surface area is 104 Å². The first-order valence-corrected chi connectivity index (χ1v) is 5.50. The minimum absolute atomic E-state index is 0.360. The van der Waals surface area contributed by atoms with Crippen molar-refractivity contribution in [2.24, 2.45) is 0 Å². The Morgan fingerprint density at radius 1 is 1.18 bits per heavy atom. The summed E-state index contributed by atoms with van der Waals surface area (Å²) in [6, 6.07) is 9.65. The minimum Gasteiger partial charge on any atom is -0.298 e. The summed E-state index contributed by atoms with van der Waals surface area (Å²) in [5.74, 6) is -0.369. The lowest BCUT2D eigenvalue weighted by Crippen LogP contribution is -1.88. The lowest BCUT2D eigenvalue weighted by molar-refractivity contribution is 0.112. The van der Waals surface area contributed by atoms with E-state index in [1.807, 2.05) is 6.92 Å². The van der Waals surface area contributed by atoms with E-state index in [1.54, 1.807) is 24.3 Å². The van der Waals surface area contributed by atoms with Crippen LogP contribution in [0.4, 0.5) is 4.39 Å². The van der Waals surface area contributed by atoms with Crippen LogP contribution in [0.5, 0.6) is 0 Å². The lowest BCUT2D eigenvalue weighted by Gasteiger charge is -2.07. The van der Waals surface area contributed by atoms with Gasteiger partial charge in [-0.3, -0.25) is 4.79 Å². The van der Waals surface area contributed by atoms with Crippen LogP contribution in [0.1, 0.15) is 15.9 Å². The largest absolute Gasteiger partial charge is 0.298 e. The van der Waals surface area contributed by atoms with Gasteiger partial charge in [0, 0.05) is 10.6 Å². The Hall–Kier alpha value is -1.67. The minimum atomic E-state index is -0.369. The van der Waals surface area contributed by atoms with Gasteiger partial charge in [-0.25, -0.2) is 4.39 Å². The number of hydrogen-bond donors (Lipinski definition) is 0. The standard InChI is InChI=1S/C14H10ClFO/c1-9-4-10(8-17)2-3-14(9)11-5-12(15)7-13(16)6-11/h2-8H,1H3. The fraction of sp³-hybridized carbons (Fsp3) is 0.0714. The number of carbonyl (C=O) groups excluding carboxylic acids is 1. The number of rotatable bonds is 2. The van der Waals surface area contributed by atoms with Crippen LogP contribution in [0, 0.1) is 12.7 Å². The maximum atomic E-state index is 13.3. The van der Waals surface area contributed by atoms with E-state index >= 15 is 0 Å². The zero-order valence-electron chi connectivity index (χ0n) is 9.21. The highest BCUT2D eigenvalue weighted by Crippen LogP contribution is 2.27. The van der Waals surface area contributed by atoms with Crippen molar-refractivity contribution in [2.75, 3.05) is 0 Å². The van der Waals surface area contributed by atoms with E-state index in [0.717, 1.165) is 17.4 Å². The monoisotopic (exact) mass is 248 g/mol. The van der Waals surface area contributed by atoms with Crippen LogP contribution < -0.4 is 0 Å². The number of hydrogen-bond acceptors (Lipinski definition) is 1. The van der Waals surface area contributed by atoms with Crippen molar-refractivity contribution >= 4 is 17.9 Å². The van der Waals surface area contributed by atoms with Gasteiger partial charge >= 0.3 is 0 Å². The summed E-state index contributed by atoms with van der Waals surface area (Å²) in [6.07, 6.45) is 0.787. The molecule has 86 valence electrons. The van der Waals surface area contributed by atoms with Gasteiger partial charge in [-0.15, -0.1) is 0 Å². The average Bonchev–Trinajstić information content (AvgIpc) is 2.27. The van der Waals surface area contributed by atoms with Crippen LogP contribution in [0.25, 0.3) is 11.1 Å². The molecule has 0 fully saturated rings. The van der Waals surface area contributed by atoms with Crippen LogP contribution in [0.3, 0.4) is 0 Å². The Morgan fingerprint density at radius 2 is 1.94 bits per heavy atom. The first-order valence-electron chi connectivity index (χ1n) is 5.12. The molecule has 2 aromatic carbocycles. The zero-order chi connectivity index (χ0) is 12.4. The molecule has 17 heavy (non-hydrogen) atoms. The molecule has 0 aliphatic heterocycles. The normalized spacial score (nSPS) is 10.3. The number of aryl methyl sites for hydroxylation is 1. The number of carbonyl (C=O) groups is 1. The predicted octanol–water partition coefficient (Wildman–Crippen LogP) is 4.27. The van der Waals surface area contributed by atoms with Crippen molar-refractivity contribution in [3.8, 4) is 11.1 Å². The van der Waals surface area contributed by atoms with E-state index in [2.05, 4.69) is 0 Å². The first kappa shape index (κ1) is 11.8. The molecule has 0 radical (unpaired) electrons. The molecule has 1 nitrogen and oxygen atoms in total. The van der Waals surface area contributed by atoms with Crippen molar-refractivity contribution in [3.63, 3.8) is 0 Å². The molecule has 0 aliphatic rings. The molecule has 3 heteroatoms. The molecule has 2 rings (SSSR count). The molecule has 0 spiro atoms. The number of aldehydes is 1. The molecule has 0 amide bonds. The van der Waals surface area contributed by atoms with Crippen LogP contribution in [0.15, 0.2) is 36.4 Å². The summed E-state index contributed by atoms with van der Waals surface area (Å²) in [5, 5.41) is 0.360. The van der Waals surface area contributed by atoms with Crippen LogP contribution in [-0.4, -0.2) is 6.29 Å². The predicted molar refractivity (Wildman–Crippen MR) is 67.0 cm³/mol. The summed E-state index contributed by atoms with van der Waals surface area (Å²) in [5.41, 5.74) is 3.10. The molecule has 0 N–H and O–H groups in total. The highest BCUT2D eigenvalue weighted by atomic mass is 35.5. The van der Waals surface area contributed by atoms with E-state index in [-0.39, 0.29) is 5.82 Å². The quantitative estimate of drug-likeness (QED) is 0.726. The lowest BCUT2D eigenvalue weighted by atomic mass is 9.99. The summed E-state index contributed by atoms with van der Waals surface area (Å²) >= 11 is 5.81. The Kier molecular flexibility index (Phi) is 3.25. The third-order valence-corrected chi connectivity index (χ3v) is 2.78. The molecule has 0 saturated heterocycles. The van der Waals surface area contributed by atoms with Crippen molar-refractivity contribution < 1.29 is 9.18 Å². The Bertz CT molecular complexity index is 558. The second-order valence-electron chi connectivity index (χ2n) is 3.85. The molecular weight excluding hydrogens is 239 g/mol. The zero-order valence-corrected chi connectivity index (χ0v) is 9.96. The molecular formula is C14H10ClFO. The third kappa shape index (κ3) is 2.53. The average molecular weight is 249 g/mol. The topological polar surface area (TPSA) is 17.1 Å². The van der Waals surface area contributed by atoms with Gasteiger partial charge in [0.05, 0.1) is 0 Å². The van der Waals surface area contributed by atoms with Crippen molar-refractivity contribution in [1.82, 2.24) is 0 Å². The fourth-order valence-electron chi connectivity index (χ4n) is 1.79. The molecule has 0 unspecified atom stereocenters. The van der Waals surface area contributed by atoms with Crippen molar-refractivity contribution in [1.29, 1.82) is 0 Å². The van der Waals surface area contributed by atoms with Crippen molar-refractivity contribution in [2.45, 2.75) is 6.92 Å². The van der Waals surface area contributed by atoms with Gasteiger partial charge in [-0.1, -0.05) is 23.7 Å². The smallest absolute Gasteiger partial charge is 0.150 e. The van der Waals surface area contributed by atoms with Gasteiger partial charge in [0.15, 0.2) is 0 Å². The molecule has 0 saturated carbocycles. The van der Waals surface area contributed by atoms with E-state index in [0.29, 0.717) is 16.1 Å². The van der Waals surface area contributed by atoms with Crippen LogP contribution in [-0.2, 0) is 0 Å². The van der Waals surface area contributed by atoms with Gasteiger partial charge < -0.3 is 0 Å². The molecule has 0 heterocycles. The van der Waals surface area contributed by atoms with Gasteiger partial charge in [-0.2, -0.15) is 0 Å². The van der Waals surface area contributed by atoms with Gasteiger partial charge in [0.1, 0.15) is 12.1 Å². The van der Waals surface area contributed by atoms with Crippen LogP contribution in [0.2, 0.25) is 5.02 Å². The Balaban J connectivity index is 2.56. The van der Waals surface area contributed by atoms with Crippen molar-refractivity contribution in [3.05, 3.63) is 58.4 Å². The highest BCUT2D eigenvalue weighted by molar-refractivity contribution is 6.30. The van der Waals surface area contributed by atoms with E-state index in [1.165, 1.54) is 12.1 Å². The first-order chi connectivity index (χ1) is 8.10. The molecule has 0 aromatic heterocycles. The second kappa shape index (κ2) is 4.68. The third-order valence-electron chi connectivity index (χ3n) is 2.56. The second-order valence-corrected chi connectivity index (χ2v) is 4.29. The SMILES string of the molecule is Cc1cc(C=O)ccc1-c1cc(F)cc(Cl)c1. The maximum absolute atomic E-state index is 13.3. The van der Waals surface area contributed by atoms with Gasteiger partial charge in [-0.05, 0) is 47.9 Å². The number of benzene rings is 2. The summed E-state index contributed by atoms with van der Waals surface area (Å²) in [4.78, 5) is 10.6. The van der Waals surface area contributed by atoms with E-state index in [9.17, 15) is 9.18 Å². The molecule has 0 bridgehead atoms. The number of halogens is 2. The van der Waals surface area contributed by atoms with Crippen LogP contribution >= 0.6 is 11.6 Å². The molecule has 0 atom stereocenters. The van der Waals surface area contributed by atoms with E-state index in [4.69, 9.17) is 11.6 Å². The molecule has 2 aromatic rings. The van der Waals surface area contributed by atoms with Gasteiger partial charge in [0.2, 0.25) is 0 Å². The summed E-state index contributed by atoms with van der Waals surface area (Å²) in [7, 11) is 0.